The van der Waals surface area contributed by atoms with Crippen LogP contribution in [0.3, 0.4) is 0 Å². The topological polar surface area (TPSA) is 71.4 Å². The summed E-state index contributed by atoms with van der Waals surface area (Å²) >= 11 is 0. The molecule has 1 N–H and O–H groups in total. The Kier molecular flexibility index (Phi) is 4.28. The van der Waals surface area contributed by atoms with Gasteiger partial charge in [0.05, 0.1) is 0 Å². The Balaban J connectivity index is 0.000000282. The number of hydrogen-bond acceptors (Lipinski definition) is 3. The first-order valence-electron chi connectivity index (χ1n) is 6.55. The van der Waals surface area contributed by atoms with Crippen LogP contribution in [-0.2, 0) is 4.79 Å². The Morgan fingerprint density at radius 3 is 1.24 bits per heavy atom. The van der Waals surface area contributed by atoms with Crippen LogP contribution < -0.4 is 0 Å². The van der Waals surface area contributed by atoms with Crippen LogP contribution >= 0.6 is 0 Å². The lowest BCUT2D eigenvalue weighted by atomic mass is 9.84. The second-order valence-electron chi connectivity index (χ2n) is 4.50. The van der Waals surface area contributed by atoms with E-state index in [1.165, 1.54) is 0 Å². The Labute approximate surface area is 122 Å². The Hall–Kier alpha value is -2.75. The number of carbonyl (C=O) groups excluding carboxylic acids is 2. The minimum absolute atomic E-state index is 0.0641. The number of aliphatic carboxylic acids is 1. The Morgan fingerprint density at radius 1 is 0.810 bits per heavy atom. The number of carbonyl (C=O) groups is 3. The van der Waals surface area contributed by atoms with Gasteiger partial charge in [0.2, 0.25) is 0 Å². The molecule has 0 saturated heterocycles. The SMILES string of the molecule is CCC(=O)O.O=C1c2ccccc2C(=O)c2ccccc21. The van der Waals surface area contributed by atoms with Crippen LogP contribution in [0.25, 0.3) is 0 Å². The first kappa shape index (κ1) is 14.7. The molecule has 106 valence electrons. The van der Waals surface area contributed by atoms with Crippen LogP contribution in [0.4, 0.5) is 0 Å². The molecule has 4 heteroatoms. The fourth-order valence-corrected chi connectivity index (χ4v) is 2.05. The van der Waals surface area contributed by atoms with Gasteiger partial charge < -0.3 is 5.11 Å². The van der Waals surface area contributed by atoms with Crippen molar-refractivity contribution in [3.63, 3.8) is 0 Å². The van der Waals surface area contributed by atoms with Gasteiger partial charge in [-0.2, -0.15) is 0 Å². The van der Waals surface area contributed by atoms with Crippen LogP contribution in [0.2, 0.25) is 0 Å². The number of carboxylic acid groups (broad SMARTS) is 1. The smallest absolute Gasteiger partial charge is 0.303 e. The van der Waals surface area contributed by atoms with E-state index in [2.05, 4.69) is 0 Å². The van der Waals surface area contributed by atoms with E-state index in [0.29, 0.717) is 22.3 Å². The highest BCUT2D eigenvalue weighted by molar-refractivity contribution is 6.28. The van der Waals surface area contributed by atoms with Gasteiger partial charge in [-0.3, -0.25) is 14.4 Å². The fourth-order valence-electron chi connectivity index (χ4n) is 2.05. The van der Waals surface area contributed by atoms with Crippen LogP contribution in [0.15, 0.2) is 48.5 Å². The third kappa shape index (κ3) is 2.89. The lowest BCUT2D eigenvalue weighted by Crippen LogP contribution is -2.20. The normalized spacial score (nSPS) is 11.9. The number of benzene rings is 2. The zero-order chi connectivity index (χ0) is 15.4. The largest absolute Gasteiger partial charge is 0.481 e. The first-order chi connectivity index (χ1) is 10.1. The van der Waals surface area contributed by atoms with Gasteiger partial charge in [0, 0.05) is 28.7 Å². The van der Waals surface area contributed by atoms with Crippen molar-refractivity contribution >= 4 is 17.5 Å². The van der Waals surface area contributed by atoms with E-state index in [1.807, 2.05) is 0 Å². The van der Waals surface area contributed by atoms with Gasteiger partial charge in [0.1, 0.15) is 0 Å². The van der Waals surface area contributed by atoms with Crippen molar-refractivity contribution in [2.45, 2.75) is 13.3 Å². The van der Waals surface area contributed by atoms with Crippen molar-refractivity contribution in [2.24, 2.45) is 0 Å². The molecule has 3 rings (SSSR count). The molecule has 21 heavy (non-hydrogen) atoms. The monoisotopic (exact) mass is 282 g/mol. The second-order valence-corrected chi connectivity index (χ2v) is 4.50. The van der Waals surface area contributed by atoms with Gasteiger partial charge in [-0.05, 0) is 0 Å². The van der Waals surface area contributed by atoms with Crippen LogP contribution in [0, 0.1) is 0 Å². The van der Waals surface area contributed by atoms with Crippen molar-refractivity contribution in [3.05, 3.63) is 70.8 Å². The molecule has 1 aliphatic carbocycles. The minimum atomic E-state index is -0.745. The summed E-state index contributed by atoms with van der Waals surface area (Å²) in [6.07, 6.45) is 0.222. The summed E-state index contributed by atoms with van der Waals surface area (Å²) in [6.45, 7) is 1.60. The molecule has 0 saturated carbocycles. The zero-order valence-corrected chi connectivity index (χ0v) is 11.5. The van der Waals surface area contributed by atoms with Crippen molar-refractivity contribution < 1.29 is 19.5 Å². The summed E-state index contributed by atoms with van der Waals surface area (Å²) in [4.78, 5) is 33.6. The molecular weight excluding hydrogens is 268 g/mol. The van der Waals surface area contributed by atoms with E-state index in [4.69, 9.17) is 5.11 Å². The molecule has 0 bridgehead atoms. The molecular formula is C17H14O4. The van der Waals surface area contributed by atoms with Gasteiger partial charge in [-0.15, -0.1) is 0 Å². The van der Waals surface area contributed by atoms with Gasteiger partial charge in [0.15, 0.2) is 11.6 Å². The molecule has 0 amide bonds. The molecule has 1 aliphatic rings. The third-order valence-electron chi connectivity index (χ3n) is 3.14. The average Bonchev–Trinajstić information content (AvgIpc) is 2.53. The second kappa shape index (κ2) is 6.13. The molecule has 2 aromatic rings. The predicted molar refractivity (Wildman–Crippen MR) is 77.7 cm³/mol. The third-order valence-corrected chi connectivity index (χ3v) is 3.14. The highest BCUT2D eigenvalue weighted by atomic mass is 16.4. The number of fused-ring (bicyclic) bond motifs is 2. The molecule has 0 atom stereocenters. The van der Waals surface area contributed by atoms with E-state index < -0.39 is 5.97 Å². The quantitative estimate of drug-likeness (QED) is 0.745. The number of carboxylic acids is 1. The number of rotatable bonds is 1. The van der Waals surface area contributed by atoms with Crippen molar-refractivity contribution in [1.29, 1.82) is 0 Å². The summed E-state index contributed by atoms with van der Waals surface area (Å²) < 4.78 is 0. The van der Waals surface area contributed by atoms with E-state index in [1.54, 1.807) is 55.5 Å². The molecule has 0 heterocycles. The molecule has 0 aromatic heterocycles. The highest BCUT2D eigenvalue weighted by Gasteiger charge is 2.28. The summed E-state index contributed by atoms with van der Waals surface area (Å²) in [5.74, 6) is -0.874. The average molecular weight is 282 g/mol. The fraction of sp³-hybridized carbons (Fsp3) is 0.118. The molecule has 0 unspecified atom stereocenters. The Bertz CT molecular complexity index is 611. The van der Waals surface area contributed by atoms with Crippen molar-refractivity contribution in [3.8, 4) is 0 Å². The molecule has 0 aliphatic heterocycles. The highest BCUT2D eigenvalue weighted by Crippen LogP contribution is 2.26. The lowest BCUT2D eigenvalue weighted by Gasteiger charge is -2.16. The van der Waals surface area contributed by atoms with Gasteiger partial charge in [-0.1, -0.05) is 55.5 Å². The molecule has 4 nitrogen and oxygen atoms in total. The van der Waals surface area contributed by atoms with E-state index >= 15 is 0 Å². The summed E-state index contributed by atoms with van der Waals surface area (Å²) in [5, 5.41) is 7.72. The molecule has 0 spiro atoms. The van der Waals surface area contributed by atoms with Gasteiger partial charge in [-0.25, -0.2) is 0 Å². The van der Waals surface area contributed by atoms with Crippen LogP contribution in [0.1, 0.15) is 45.2 Å². The van der Waals surface area contributed by atoms with Crippen LogP contribution in [0.5, 0.6) is 0 Å². The maximum atomic E-state index is 12.1. The molecule has 0 radical (unpaired) electrons. The van der Waals surface area contributed by atoms with E-state index in [0.717, 1.165) is 0 Å². The lowest BCUT2D eigenvalue weighted by molar-refractivity contribution is -0.136. The number of hydrogen-bond donors (Lipinski definition) is 1. The molecule has 2 aromatic carbocycles. The standard InChI is InChI=1S/C14H8O2.C3H6O2/c15-13-9-5-1-2-6-10(9)14(16)12-8-4-3-7-11(12)13;1-2-3(4)5/h1-8H;2H2,1H3,(H,4,5). The van der Waals surface area contributed by atoms with Gasteiger partial charge >= 0.3 is 5.97 Å². The Morgan fingerprint density at radius 2 is 1.05 bits per heavy atom. The number of ketones is 2. The summed E-state index contributed by atoms with van der Waals surface area (Å²) in [7, 11) is 0. The summed E-state index contributed by atoms with van der Waals surface area (Å²) in [5.41, 5.74) is 2.02. The molecule has 0 fully saturated rings. The summed E-state index contributed by atoms with van der Waals surface area (Å²) in [6, 6.07) is 13.9. The van der Waals surface area contributed by atoms with Gasteiger partial charge in [0.25, 0.3) is 0 Å². The maximum Gasteiger partial charge on any atom is 0.303 e. The van der Waals surface area contributed by atoms with E-state index in [9.17, 15) is 14.4 Å². The minimum Gasteiger partial charge on any atom is -0.481 e. The van der Waals surface area contributed by atoms with Crippen molar-refractivity contribution in [2.75, 3.05) is 0 Å². The first-order valence-corrected chi connectivity index (χ1v) is 6.55. The predicted octanol–water partition coefficient (Wildman–Crippen LogP) is 2.94. The zero-order valence-electron chi connectivity index (χ0n) is 11.5. The van der Waals surface area contributed by atoms with Crippen molar-refractivity contribution in [1.82, 2.24) is 0 Å². The maximum absolute atomic E-state index is 12.1. The van der Waals surface area contributed by atoms with E-state index in [-0.39, 0.29) is 18.0 Å². The van der Waals surface area contributed by atoms with Crippen LogP contribution in [-0.4, -0.2) is 22.6 Å².